The number of nitrogens with zero attached hydrogens (tertiary/aromatic N) is 1. The molecule has 0 aliphatic heterocycles. The van der Waals surface area contributed by atoms with Gasteiger partial charge in [0.2, 0.25) is 0 Å². The van der Waals surface area contributed by atoms with Crippen molar-refractivity contribution in [2.75, 3.05) is 26.0 Å². The van der Waals surface area contributed by atoms with Crippen LogP contribution in [0.2, 0.25) is 0 Å². The Balaban J connectivity index is 1.54. The summed E-state index contributed by atoms with van der Waals surface area (Å²) >= 11 is 1.55. The number of thiazole rings is 1. The van der Waals surface area contributed by atoms with Crippen molar-refractivity contribution in [2.24, 2.45) is 5.41 Å². The fourth-order valence-corrected chi connectivity index (χ4v) is 3.38. The molecule has 0 saturated heterocycles. The number of benzene rings is 1. The number of hydrogen-bond acceptors (Lipinski definition) is 5. The highest BCUT2D eigenvalue weighted by Crippen LogP contribution is 2.48. The van der Waals surface area contributed by atoms with E-state index in [-0.39, 0.29) is 0 Å². The molecule has 0 spiro atoms. The Bertz CT molecular complexity index is 592. The van der Waals surface area contributed by atoms with Crippen molar-refractivity contribution in [3.63, 3.8) is 0 Å². The van der Waals surface area contributed by atoms with Gasteiger partial charge in [0.25, 0.3) is 0 Å². The number of nitrogen functional groups attached to an aromatic ring is 1. The summed E-state index contributed by atoms with van der Waals surface area (Å²) in [5.74, 6) is 0. The van der Waals surface area contributed by atoms with Crippen molar-refractivity contribution in [3.05, 3.63) is 23.8 Å². The van der Waals surface area contributed by atoms with Crippen LogP contribution in [-0.4, -0.2) is 25.2 Å². The predicted octanol–water partition coefficient (Wildman–Crippen LogP) is 2.78. The molecule has 5 heteroatoms. The zero-order valence-corrected chi connectivity index (χ0v) is 12.6. The fraction of sp³-hybridized carbons (Fsp3) is 0.533. The second-order valence-electron chi connectivity index (χ2n) is 5.70. The first kappa shape index (κ1) is 13.8. The highest BCUT2D eigenvalue weighted by atomic mass is 32.1. The van der Waals surface area contributed by atoms with Gasteiger partial charge in [-0.3, -0.25) is 0 Å². The molecule has 1 aromatic heterocycles. The van der Waals surface area contributed by atoms with Crippen molar-refractivity contribution in [3.8, 4) is 0 Å². The van der Waals surface area contributed by atoms with Crippen molar-refractivity contribution < 1.29 is 4.74 Å². The minimum atomic E-state index is 0.495. The van der Waals surface area contributed by atoms with E-state index in [4.69, 9.17) is 10.5 Å². The van der Waals surface area contributed by atoms with E-state index in [1.54, 1.807) is 18.4 Å². The number of aromatic nitrogens is 1. The number of nitrogens with two attached hydrogens (primary N) is 1. The van der Waals surface area contributed by atoms with E-state index in [0.717, 1.165) is 25.2 Å². The lowest BCUT2D eigenvalue weighted by molar-refractivity contribution is 0.171. The van der Waals surface area contributed by atoms with Crippen LogP contribution in [0.25, 0.3) is 10.2 Å². The molecule has 1 heterocycles. The van der Waals surface area contributed by atoms with Crippen LogP contribution in [0.5, 0.6) is 0 Å². The Morgan fingerprint density at radius 2 is 2.30 bits per heavy atom. The summed E-state index contributed by atoms with van der Waals surface area (Å²) in [6.07, 6.45) is 3.82. The molecule has 1 saturated carbocycles. The van der Waals surface area contributed by atoms with E-state index >= 15 is 0 Å². The summed E-state index contributed by atoms with van der Waals surface area (Å²) in [6.45, 7) is 2.86. The first-order chi connectivity index (χ1) is 9.71. The van der Waals surface area contributed by atoms with E-state index in [1.165, 1.54) is 29.5 Å². The summed E-state index contributed by atoms with van der Waals surface area (Å²) in [5, 5.41) is 4.22. The molecule has 0 bridgehead atoms. The number of ether oxygens (including phenoxy) is 1. The lowest BCUT2D eigenvalue weighted by atomic mass is 10.0. The third-order valence-electron chi connectivity index (χ3n) is 4.09. The third-order valence-corrected chi connectivity index (χ3v) is 4.94. The van der Waals surface area contributed by atoms with Gasteiger partial charge in [-0.15, -0.1) is 0 Å². The van der Waals surface area contributed by atoms with Gasteiger partial charge in [-0.1, -0.05) is 17.4 Å². The lowest BCUT2D eigenvalue weighted by Gasteiger charge is -2.15. The van der Waals surface area contributed by atoms with Crippen molar-refractivity contribution >= 4 is 26.7 Å². The molecule has 20 heavy (non-hydrogen) atoms. The SMILES string of the molecule is COCCC1(CNCc2ccc3nc(N)sc3c2)CC1. The first-order valence-electron chi connectivity index (χ1n) is 7.05. The van der Waals surface area contributed by atoms with Gasteiger partial charge in [0.05, 0.1) is 10.2 Å². The zero-order valence-electron chi connectivity index (χ0n) is 11.8. The van der Waals surface area contributed by atoms with Gasteiger partial charge >= 0.3 is 0 Å². The maximum atomic E-state index is 5.73. The summed E-state index contributed by atoms with van der Waals surface area (Å²) in [6, 6.07) is 6.37. The zero-order chi connectivity index (χ0) is 14.0. The topological polar surface area (TPSA) is 60.2 Å². The number of fused-ring (bicyclic) bond motifs is 1. The summed E-state index contributed by atoms with van der Waals surface area (Å²) < 4.78 is 6.36. The number of anilines is 1. The maximum absolute atomic E-state index is 5.73. The van der Waals surface area contributed by atoms with Crippen molar-refractivity contribution in [2.45, 2.75) is 25.8 Å². The van der Waals surface area contributed by atoms with Crippen molar-refractivity contribution in [1.82, 2.24) is 10.3 Å². The monoisotopic (exact) mass is 291 g/mol. The van der Waals surface area contributed by atoms with E-state index in [1.807, 2.05) is 0 Å². The average Bonchev–Trinajstić information content (AvgIpc) is 3.10. The second-order valence-corrected chi connectivity index (χ2v) is 6.76. The summed E-state index contributed by atoms with van der Waals surface area (Å²) in [7, 11) is 1.78. The first-order valence-corrected chi connectivity index (χ1v) is 7.87. The highest BCUT2D eigenvalue weighted by Gasteiger charge is 2.41. The van der Waals surface area contributed by atoms with Gasteiger partial charge in [0, 0.05) is 26.8 Å². The van der Waals surface area contributed by atoms with E-state index in [0.29, 0.717) is 10.5 Å². The van der Waals surface area contributed by atoms with Crippen LogP contribution in [0.1, 0.15) is 24.8 Å². The molecular weight excluding hydrogens is 270 g/mol. The Kier molecular flexibility index (Phi) is 3.92. The Morgan fingerprint density at radius 1 is 1.45 bits per heavy atom. The third kappa shape index (κ3) is 3.11. The average molecular weight is 291 g/mol. The Hall–Kier alpha value is -1.17. The van der Waals surface area contributed by atoms with Crippen LogP contribution in [0.4, 0.5) is 5.13 Å². The quantitative estimate of drug-likeness (QED) is 0.823. The normalized spacial score (nSPS) is 16.6. The Morgan fingerprint density at radius 3 is 3.05 bits per heavy atom. The number of hydrogen-bond donors (Lipinski definition) is 2. The van der Waals surface area contributed by atoms with Gasteiger partial charge in [-0.25, -0.2) is 4.98 Å². The number of methoxy groups -OCH3 is 1. The van der Waals surface area contributed by atoms with Gasteiger partial charge < -0.3 is 15.8 Å². The summed E-state index contributed by atoms with van der Waals surface area (Å²) in [5.41, 5.74) is 8.52. The van der Waals surface area contributed by atoms with Crippen LogP contribution >= 0.6 is 11.3 Å². The van der Waals surface area contributed by atoms with Crippen LogP contribution in [0, 0.1) is 5.41 Å². The molecule has 1 fully saturated rings. The molecule has 4 nitrogen and oxygen atoms in total. The molecule has 0 radical (unpaired) electrons. The maximum Gasteiger partial charge on any atom is 0.181 e. The molecule has 2 aromatic rings. The largest absolute Gasteiger partial charge is 0.385 e. The molecule has 0 atom stereocenters. The second kappa shape index (κ2) is 5.68. The standard InChI is InChI=1S/C15H21N3OS/c1-19-7-6-15(4-5-15)10-17-9-11-2-3-12-13(8-11)20-14(16)18-12/h2-3,8,17H,4-7,9-10H2,1H3,(H2,16,18). The molecule has 0 unspecified atom stereocenters. The van der Waals surface area contributed by atoms with Crippen LogP contribution < -0.4 is 11.1 Å². The van der Waals surface area contributed by atoms with Gasteiger partial charge in [0.1, 0.15) is 0 Å². The Labute approximate surface area is 123 Å². The van der Waals surface area contributed by atoms with Crippen molar-refractivity contribution in [1.29, 1.82) is 0 Å². The van der Waals surface area contributed by atoms with E-state index in [2.05, 4.69) is 28.5 Å². The molecule has 1 aliphatic carbocycles. The lowest BCUT2D eigenvalue weighted by Crippen LogP contribution is -2.24. The minimum absolute atomic E-state index is 0.495. The number of rotatable bonds is 7. The molecule has 3 N–H and O–H groups in total. The number of nitrogens with one attached hydrogen (secondary N) is 1. The molecule has 1 aromatic carbocycles. The minimum Gasteiger partial charge on any atom is -0.385 e. The smallest absolute Gasteiger partial charge is 0.181 e. The summed E-state index contributed by atoms with van der Waals surface area (Å²) in [4.78, 5) is 4.28. The fourth-order valence-electron chi connectivity index (χ4n) is 2.58. The van der Waals surface area contributed by atoms with Gasteiger partial charge in [-0.2, -0.15) is 0 Å². The predicted molar refractivity (Wildman–Crippen MR) is 83.9 cm³/mol. The van der Waals surface area contributed by atoms with E-state index in [9.17, 15) is 0 Å². The molecule has 108 valence electrons. The van der Waals surface area contributed by atoms with Crippen LogP contribution in [0.3, 0.4) is 0 Å². The highest BCUT2D eigenvalue weighted by molar-refractivity contribution is 7.22. The van der Waals surface area contributed by atoms with Gasteiger partial charge in [0.15, 0.2) is 5.13 Å². The molecule has 1 aliphatic rings. The molecule has 0 amide bonds. The molecular formula is C15H21N3OS. The van der Waals surface area contributed by atoms with Crippen LogP contribution in [0.15, 0.2) is 18.2 Å². The van der Waals surface area contributed by atoms with Gasteiger partial charge in [-0.05, 0) is 42.4 Å². The molecule has 3 rings (SSSR count). The van der Waals surface area contributed by atoms with E-state index < -0.39 is 0 Å². The van der Waals surface area contributed by atoms with Crippen LogP contribution in [-0.2, 0) is 11.3 Å².